The molecule has 0 spiro atoms. The summed E-state index contributed by atoms with van der Waals surface area (Å²) in [4.78, 5) is 31.9. The molecule has 28 heavy (non-hydrogen) atoms. The van der Waals surface area contributed by atoms with Crippen LogP contribution in [0.5, 0.6) is 0 Å². The number of fused-ring (bicyclic) bond motifs is 1. The van der Waals surface area contributed by atoms with Crippen molar-refractivity contribution in [3.8, 4) is 0 Å². The van der Waals surface area contributed by atoms with Crippen LogP contribution in [-0.4, -0.2) is 40.6 Å². The summed E-state index contributed by atoms with van der Waals surface area (Å²) < 4.78 is 20.2. The highest BCUT2D eigenvalue weighted by molar-refractivity contribution is 5.94. The van der Waals surface area contributed by atoms with Crippen molar-refractivity contribution in [2.75, 3.05) is 20.3 Å². The zero-order valence-electron chi connectivity index (χ0n) is 16.1. The Labute approximate surface area is 162 Å². The molecule has 0 bridgehead atoms. The normalized spacial score (nSPS) is 12.1. The van der Waals surface area contributed by atoms with Gasteiger partial charge in [-0.15, -0.1) is 0 Å². The molecular formula is C21H22FN3O3. The minimum atomic E-state index is -0.520. The summed E-state index contributed by atoms with van der Waals surface area (Å²) in [5.41, 5.74) is 0.614. The number of methoxy groups -OCH3 is 1. The number of nitrogens with zero attached hydrogens (tertiary/aromatic N) is 3. The monoisotopic (exact) mass is 383 g/mol. The van der Waals surface area contributed by atoms with E-state index >= 15 is 0 Å². The first-order chi connectivity index (χ1) is 13.4. The molecule has 1 atom stereocenters. The van der Waals surface area contributed by atoms with Gasteiger partial charge in [-0.3, -0.25) is 14.2 Å². The minimum Gasteiger partial charge on any atom is -0.383 e. The number of aromatic nitrogens is 2. The third kappa shape index (κ3) is 3.80. The third-order valence-electron chi connectivity index (χ3n) is 4.73. The number of ether oxygens (including phenoxy) is 1. The van der Waals surface area contributed by atoms with E-state index < -0.39 is 11.9 Å². The van der Waals surface area contributed by atoms with E-state index in [1.54, 1.807) is 45.3 Å². The van der Waals surface area contributed by atoms with Gasteiger partial charge >= 0.3 is 0 Å². The fourth-order valence-electron chi connectivity index (χ4n) is 3.20. The molecule has 1 aromatic heterocycles. The summed E-state index contributed by atoms with van der Waals surface area (Å²) in [6.07, 6.45) is 0. The maximum Gasteiger partial charge on any atom is 0.261 e. The van der Waals surface area contributed by atoms with Crippen molar-refractivity contribution in [2.24, 2.45) is 7.05 Å². The van der Waals surface area contributed by atoms with Gasteiger partial charge in [0.15, 0.2) is 0 Å². The lowest BCUT2D eigenvalue weighted by Crippen LogP contribution is -2.39. The molecule has 1 amide bonds. The van der Waals surface area contributed by atoms with Crippen LogP contribution >= 0.6 is 0 Å². The Kier molecular flexibility index (Phi) is 5.84. The molecule has 3 rings (SSSR count). The fraction of sp³-hybridized carbons (Fsp3) is 0.286. The van der Waals surface area contributed by atoms with Gasteiger partial charge in [-0.2, -0.15) is 0 Å². The van der Waals surface area contributed by atoms with Crippen LogP contribution in [0, 0.1) is 5.82 Å². The van der Waals surface area contributed by atoms with Crippen molar-refractivity contribution in [2.45, 2.75) is 13.0 Å². The molecule has 0 radical (unpaired) electrons. The van der Waals surface area contributed by atoms with Crippen LogP contribution in [0.25, 0.3) is 10.9 Å². The Hall–Kier alpha value is -3.06. The van der Waals surface area contributed by atoms with E-state index in [-0.39, 0.29) is 23.6 Å². The molecule has 0 fully saturated rings. The molecule has 0 saturated heterocycles. The van der Waals surface area contributed by atoms with E-state index in [0.29, 0.717) is 23.3 Å². The molecular weight excluding hydrogens is 361 g/mol. The number of amides is 1. The van der Waals surface area contributed by atoms with Gasteiger partial charge in [0.1, 0.15) is 11.6 Å². The average molecular weight is 383 g/mol. The number of benzene rings is 2. The number of para-hydroxylation sites is 1. The SMILES string of the molecule is COCCN(C(=O)c1cccc(F)c1)C(C)c1nc2ccccc2c(=O)n1C. The topological polar surface area (TPSA) is 64.4 Å². The summed E-state index contributed by atoms with van der Waals surface area (Å²) in [6.45, 7) is 2.37. The predicted molar refractivity (Wildman–Crippen MR) is 105 cm³/mol. The molecule has 2 aromatic carbocycles. The van der Waals surface area contributed by atoms with Gasteiger partial charge in [0, 0.05) is 26.3 Å². The molecule has 7 heteroatoms. The molecule has 6 nitrogen and oxygen atoms in total. The highest BCUT2D eigenvalue weighted by Gasteiger charge is 2.26. The number of halogens is 1. The number of carbonyl (C=O) groups is 1. The van der Waals surface area contributed by atoms with Crippen molar-refractivity contribution >= 4 is 16.8 Å². The van der Waals surface area contributed by atoms with E-state index in [0.717, 1.165) is 0 Å². The van der Waals surface area contributed by atoms with Gasteiger partial charge < -0.3 is 9.64 Å². The van der Waals surface area contributed by atoms with E-state index in [1.807, 2.05) is 6.07 Å². The second-order valence-electron chi connectivity index (χ2n) is 6.53. The van der Waals surface area contributed by atoms with E-state index in [1.165, 1.54) is 27.7 Å². The van der Waals surface area contributed by atoms with Crippen LogP contribution in [0.15, 0.2) is 53.3 Å². The minimum absolute atomic E-state index is 0.183. The van der Waals surface area contributed by atoms with Crippen LogP contribution in [-0.2, 0) is 11.8 Å². The molecule has 0 aliphatic rings. The number of hydrogen-bond acceptors (Lipinski definition) is 4. The van der Waals surface area contributed by atoms with Gasteiger partial charge in [-0.1, -0.05) is 18.2 Å². The second kappa shape index (κ2) is 8.31. The number of carbonyl (C=O) groups excluding carboxylic acids is 1. The van der Waals surface area contributed by atoms with Crippen molar-refractivity contribution in [3.63, 3.8) is 0 Å². The molecule has 0 aliphatic carbocycles. The van der Waals surface area contributed by atoms with Gasteiger partial charge in [0.2, 0.25) is 0 Å². The van der Waals surface area contributed by atoms with Crippen LogP contribution in [0.2, 0.25) is 0 Å². The Balaban J connectivity index is 2.06. The quantitative estimate of drug-likeness (QED) is 0.657. The summed E-state index contributed by atoms with van der Waals surface area (Å²) in [5, 5.41) is 0.515. The Bertz CT molecular complexity index is 1060. The second-order valence-corrected chi connectivity index (χ2v) is 6.53. The third-order valence-corrected chi connectivity index (χ3v) is 4.73. The molecule has 1 heterocycles. The van der Waals surface area contributed by atoms with Crippen molar-refractivity contribution in [1.29, 1.82) is 0 Å². The maximum absolute atomic E-state index is 13.6. The highest BCUT2D eigenvalue weighted by Crippen LogP contribution is 2.22. The summed E-state index contributed by atoms with van der Waals surface area (Å²) in [6, 6.07) is 12.1. The summed E-state index contributed by atoms with van der Waals surface area (Å²) >= 11 is 0. The lowest BCUT2D eigenvalue weighted by atomic mass is 10.1. The summed E-state index contributed by atoms with van der Waals surface area (Å²) in [7, 11) is 3.17. The predicted octanol–water partition coefficient (Wildman–Crippen LogP) is 2.92. The zero-order valence-corrected chi connectivity index (χ0v) is 16.1. The first kappa shape index (κ1) is 19.7. The van der Waals surface area contributed by atoms with Crippen LogP contribution in [0.1, 0.15) is 29.1 Å². The number of rotatable bonds is 6. The van der Waals surface area contributed by atoms with Crippen molar-refractivity contribution < 1.29 is 13.9 Å². The smallest absolute Gasteiger partial charge is 0.261 e. The Morgan fingerprint density at radius 3 is 2.71 bits per heavy atom. The average Bonchev–Trinajstić information content (AvgIpc) is 2.70. The molecule has 0 N–H and O–H groups in total. The lowest BCUT2D eigenvalue weighted by molar-refractivity contribution is 0.0603. The van der Waals surface area contributed by atoms with Gasteiger partial charge in [-0.05, 0) is 37.3 Å². The van der Waals surface area contributed by atoms with E-state index in [9.17, 15) is 14.0 Å². The highest BCUT2D eigenvalue weighted by atomic mass is 19.1. The van der Waals surface area contributed by atoms with Crippen molar-refractivity contribution in [1.82, 2.24) is 14.5 Å². The lowest BCUT2D eigenvalue weighted by Gasteiger charge is -2.30. The largest absolute Gasteiger partial charge is 0.383 e. The van der Waals surface area contributed by atoms with E-state index in [4.69, 9.17) is 4.74 Å². The van der Waals surface area contributed by atoms with Gasteiger partial charge in [0.05, 0.1) is 23.6 Å². The standard InChI is InChI=1S/C21H22FN3O3/c1-14(19-23-18-10-5-4-9-17(18)21(27)24(19)2)25(11-12-28-3)20(26)15-7-6-8-16(22)13-15/h4-10,13-14H,11-12H2,1-3H3. The molecule has 0 saturated carbocycles. The molecule has 146 valence electrons. The van der Waals surface area contributed by atoms with Gasteiger partial charge in [0.25, 0.3) is 11.5 Å². The zero-order chi connectivity index (χ0) is 20.3. The summed E-state index contributed by atoms with van der Waals surface area (Å²) in [5.74, 6) is -0.391. The molecule has 1 unspecified atom stereocenters. The van der Waals surface area contributed by atoms with Crippen LogP contribution < -0.4 is 5.56 Å². The first-order valence-corrected chi connectivity index (χ1v) is 8.95. The molecule has 0 aliphatic heterocycles. The Morgan fingerprint density at radius 1 is 1.25 bits per heavy atom. The van der Waals surface area contributed by atoms with E-state index in [2.05, 4.69) is 4.98 Å². The maximum atomic E-state index is 13.6. The van der Waals surface area contributed by atoms with Gasteiger partial charge in [-0.25, -0.2) is 9.37 Å². The first-order valence-electron chi connectivity index (χ1n) is 8.95. The van der Waals surface area contributed by atoms with Crippen molar-refractivity contribution in [3.05, 3.63) is 76.1 Å². The van der Waals surface area contributed by atoms with Crippen LogP contribution in [0.4, 0.5) is 4.39 Å². The fourth-order valence-corrected chi connectivity index (χ4v) is 3.20. The van der Waals surface area contributed by atoms with Crippen LogP contribution in [0.3, 0.4) is 0 Å². The molecule has 3 aromatic rings. The number of hydrogen-bond donors (Lipinski definition) is 0. The Morgan fingerprint density at radius 2 is 2.00 bits per heavy atom.